The molecule has 0 bridgehead atoms. The van der Waals surface area contributed by atoms with Gasteiger partial charge in [-0.25, -0.2) is 0 Å². The molecule has 0 spiro atoms. The Morgan fingerprint density at radius 2 is 2.10 bits per heavy atom. The van der Waals surface area contributed by atoms with Gasteiger partial charge in [0, 0.05) is 5.41 Å². The maximum absolute atomic E-state index is 10.4. The van der Waals surface area contributed by atoms with Crippen LogP contribution in [0.2, 0.25) is 0 Å². The summed E-state index contributed by atoms with van der Waals surface area (Å²) in [5, 5.41) is 8.90. The lowest BCUT2D eigenvalue weighted by atomic mass is 9.89. The summed E-state index contributed by atoms with van der Waals surface area (Å²) in [4.78, 5) is 10.4. The minimum absolute atomic E-state index is 0.267. The number of hydrogen-bond donors (Lipinski definition) is 1. The van der Waals surface area contributed by atoms with Crippen molar-refractivity contribution in [1.82, 2.24) is 0 Å². The van der Waals surface area contributed by atoms with Gasteiger partial charge in [-0.3, -0.25) is 0 Å². The number of rotatable bonds is 4. The van der Waals surface area contributed by atoms with Gasteiger partial charge in [-0.2, -0.15) is 0 Å². The first-order valence-electron chi connectivity index (χ1n) is 3.62. The van der Waals surface area contributed by atoms with E-state index in [0.717, 1.165) is 12.7 Å². The van der Waals surface area contributed by atoms with Gasteiger partial charge in [-0.15, -0.1) is 0 Å². The van der Waals surface area contributed by atoms with E-state index in [4.69, 9.17) is 5.11 Å². The average Bonchev–Trinajstić information content (AvgIpc) is 1.85. The zero-order chi connectivity index (χ0) is 8.20. The van der Waals surface area contributed by atoms with E-state index >= 15 is 0 Å². The zero-order valence-corrected chi connectivity index (χ0v) is 6.92. The van der Waals surface area contributed by atoms with Gasteiger partial charge in [-0.1, -0.05) is 13.8 Å². The summed E-state index contributed by atoms with van der Waals surface area (Å²) >= 11 is 0. The largest absolute Gasteiger partial charge is 0.393 e. The molecule has 2 nitrogen and oxygen atoms in total. The second kappa shape index (κ2) is 3.71. The van der Waals surface area contributed by atoms with E-state index in [1.54, 1.807) is 6.92 Å². The van der Waals surface area contributed by atoms with Crippen LogP contribution in [0.5, 0.6) is 0 Å². The summed E-state index contributed by atoms with van der Waals surface area (Å²) in [6, 6.07) is 0. The highest BCUT2D eigenvalue weighted by Gasteiger charge is 2.16. The fourth-order valence-electron chi connectivity index (χ4n) is 0.640. The molecule has 0 saturated heterocycles. The lowest BCUT2D eigenvalue weighted by Crippen LogP contribution is -2.15. The van der Waals surface area contributed by atoms with Crippen LogP contribution in [0.1, 0.15) is 33.6 Å². The maximum atomic E-state index is 10.4. The molecule has 0 radical (unpaired) electrons. The first-order valence-corrected chi connectivity index (χ1v) is 3.62. The number of carbonyl (C=O) groups is 1. The fourth-order valence-corrected chi connectivity index (χ4v) is 0.640. The topological polar surface area (TPSA) is 37.3 Å². The van der Waals surface area contributed by atoms with Gasteiger partial charge in [0.25, 0.3) is 0 Å². The van der Waals surface area contributed by atoms with Gasteiger partial charge in [0.05, 0.1) is 6.10 Å². The molecule has 0 aliphatic carbocycles. The van der Waals surface area contributed by atoms with Crippen molar-refractivity contribution in [2.75, 3.05) is 0 Å². The van der Waals surface area contributed by atoms with E-state index in [2.05, 4.69) is 0 Å². The van der Waals surface area contributed by atoms with Crippen molar-refractivity contribution in [2.24, 2.45) is 5.41 Å². The Bertz CT molecular complexity index is 106. The molecule has 0 aromatic heterocycles. The summed E-state index contributed by atoms with van der Waals surface area (Å²) < 4.78 is 0. The number of hydrogen-bond acceptors (Lipinski definition) is 2. The third kappa shape index (κ3) is 4.50. The van der Waals surface area contributed by atoms with Crippen LogP contribution in [0.15, 0.2) is 0 Å². The van der Waals surface area contributed by atoms with Crippen molar-refractivity contribution >= 4 is 6.29 Å². The van der Waals surface area contributed by atoms with Gasteiger partial charge in [0.15, 0.2) is 0 Å². The van der Waals surface area contributed by atoms with Gasteiger partial charge in [0.2, 0.25) is 0 Å². The molecule has 0 aromatic carbocycles. The molecule has 0 fully saturated rings. The molecule has 0 saturated carbocycles. The van der Waals surface area contributed by atoms with Gasteiger partial charge < -0.3 is 9.90 Å². The molecule has 0 amide bonds. The first-order chi connectivity index (χ1) is 4.48. The Hall–Kier alpha value is -0.370. The maximum Gasteiger partial charge on any atom is 0.125 e. The van der Waals surface area contributed by atoms with E-state index in [1.165, 1.54) is 0 Å². The van der Waals surface area contributed by atoms with Crippen LogP contribution in [0.3, 0.4) is 0 Å². The third-order valence-corrected chi connectivity index (χ3v) is 1.53. The summed E-state index contributed by atoms with van der Waals surface area (Å²) in [5.74, 6) is 0. The Kier molecular flexibility index (Phi) is 3.58. The van der Waals surface area contributed by atoms with Gasteiger partial charge in [0.1, 0.15) is 6.29 Å². The van der Waals surface area contributed by atoms with E-state index < -0.39 is 0 Å². The number of carbonyl (C=O) groups excluding carboxylic acids is 1. The predicted octanol–water partition coefficient (Wildman–Crippen LogP) is 1.37. The molecule has 10 heavy (non-hydrogen) atoms. The molecule has 2 heteroatoms. The second-order valence-electron chi connectivity index (χ2n) is 3.49. The van der Waals surface area contributed by atoms with Crippen molar-refractivity contribution in [3.8, 4) is 0 Å². The van der Waals surface area contributed by atoms with Crippen molar-refractivity contribution in [3.05, 3.63) is 0 Å². The Labute approximate surface area is 62.2 Å². The molecular weight excluding hydrogens is 128 g/mol. The lowest BCUT2D eigenvalue weighted by molar-refractivity contribution is -0.115. The smallest absolute Gasteiger partial charge is 0.125 e. The number of aldehydes is 1. The van der Waals surface area contributed by atoms with Crippen molar-refractivity contribution < 1.29 is 9.90 Å². The third-order valence-electron chi connectivity index (χ3n) is 1.53. The molecule has 0 aliphatic heterocycles. The quantitative estimate of drug-likeness (QED) is 0.605. The summed E-state index contributed by atoms with van der Waals surface area (Å²) in [6.45, 7) is 5.49. The van der Waals surface area contributed by atoms with E-state index in [1.807, 2.05) is 13.8 Å². The normalized spacial score (nSPS) is 14.8. The van der Waals surface area contributed by atoms with Crippen molar-refractivity contribution in [2.45, 2.75) is 39.7 Å². The molecule has 0 aliphatic rings. The molecule has 1 N–H and O–H groups in total. The SMILES string of the molecule is CC(O)CCC(C)(C)C=O. The molecule has 1 atom stereocenters. The molecular formula is C8H16O2. The monoisotopic (exact) mass is 144 g/mol. The first kappa shape index (κ1) is 9.63. The number of aliphatic hydroxyl groups excluding tert-OH is 1. The van der Waals surface area contributed by atoms with Crippen LogP contribution in [0.25, 0.3) is 0 Å². The van der Waals surface area contributed by atoms with Crippen LogP contribution in [-0.4, -0.2) is 17.5 Å². The van der Waals surface area contributed by atoms with Crippen LogP contribution in [0.4, 0.5) is 0 Å². The highest BCUT2D eigenvalue weighted by Crippen LogP contribution is 2.19. The molecule has 0 rings (SSSR count). The summed E-state index contributed by atoms with van der Waals surface area (Å²) in [5.41, 5.74) is -0.267. The summed E-state index contributed by atoms with van der Waals surface area (Å²) in [7, 11) is 0. The van der Waals surface area contributed by atoms with E-state index in [9.17, 15) is 4.79 Å². The zero-order valence-electron chi connectivity index (χ0n) is 6.92. The predicted molar refractivity (Wildman–Crippen MR) is 40.8 cm³/mol. The molecule has 1 unspecified atom stereocenters. The number of aliphatic hydroxyl groups is 1. The van der Waals surface area contributed by atoms with Crippen LogP contribution >= 0.6 is 0 Å². The Morgan fingerprint density at radius 3 is 2.40 bits per heavy atom. The van der Waals surface area contributed by atoms with E-state index in [-0.39, 0.29) is 11.5 Å². The van der Waals surface area contributed by atoms with Crippen molar-refractivity contribution in [3.63, 3.8) is 0 Å². The Morgan fingerprint density at radius 1 is 1.60 bits per heavy atom. The minimum atomic E-state index is -0.292. The Balaban J connectivity index is 3.56. The van der Waals surface area contributed by atoms with Crippen molar-refractivity contribution in [1.29, 1.82) is 0 Å². The minimum Gasteiger partial charge on any atom is -0.393 e. The van der Waals surface area contributed by atoms with Crippen LogP contribution in [-0.2, 0) is 4.79 Å². The van der Waals surface area contributed by atoms with Crippen LogP contribution < -0.4 is 0 Å². The van der Waals surface area contributed by atoms with Crippen LogP contribution in [0, 0.1) is 5.41 Å². The molecule has 0 heterocycles. The highest BCUT2D eigenvalue weighted by molar-refractivity contribution is 5.57. The van der Waals surface area contributed by atoms with Gasteiger partial charge in [-0.05, 0) is 19.8 Å². The summed E-state index contributed by atoms with van der Waals surface area (Å²) in [6.07, 6.45) is 2.11. The van der Waals surface area contributed by atoms with E-state index in [0.29, 0.717) is 6.42 Å². The standard InChI is InChI=1S/C8H16O2/c1-7(10)4-5-8(2,3)6-9/h6-7,10H,4-5H2,1-3H3. The van der Waals surface area contributed by atoms with Gasteiger partial charge >= 0.3 is 0 Å². The lowest BCUT2D eigenvalue weighted by Gasteiger charge is -2.16. The molecule has 0 aromatic rings. The fraction of sp³-hybridized carbons (Fsp3) is 0.875. The second-order valence-corrected chi connectivity index (χ2v) is 3.49. The highest BCUT2D eigenvalue weighted by atomic mass is 16.3. The average molecular weight is 144 g/mol. The molecule has 60 valence electrons.